The van der Waals surface area contributed by atoms with Gasteiger partial charge in [0.2, 0.25) is 0 Å². The van der Waals surface area contributed by atoms with Crippen LogP contribution in [0.5, 0.6) is 0 Å². The van der Waals surface area contributed by atoms with E-state index in [0.29, 0.717) is 19.7 Å². The van der Waals surface area contributed by atoms with Crippen molar-refractivity contribution in [1.82, 2.24) is 14.7 Å². The fraction of sp³-hybridized carbons (Fsp3) is 0.429. The minimum absolute atomic E-state index is 0.132. The van der Waals surface area contributed by atoms with E-state index in [-0.39, 0.29) is 6.10 Å². The summed E-state index contributed by atoms with van der Waals surface area (Å²) in [6.07, 6.45) is 3.55. The summed E-state index contributed by atoms with van der Waals surface area (Å²) in [5.41, 5.74) is 1.82. The first-order valence-electron chi connectivity index (χ1n) is 6.74. The Labute approximate surface area is 126 Å². The number of nitrogens with zero attached hydrogens (tertiary/aromatic N) is 3. The SMILES string of the molecule is Cn1cc(C2CN(C(C(=O)O)c3ccsc3)CCO2)cn1. The van der Waals surface area contributed by atoms with Crippen LogP contribution in [-0.2, 0) is 16.6 Å². The van der Waals surface area contributed by atoms with E-state index in [1.54, 1.807) is 10.9 Å². The molecule has 1 aliphatic rings. The Morgan fingerprint density at radius 3 is 3.10 bits per heavy atom. The van der Waals surface area contributed by atoms with Crippen LogP contribution in [0.15, 0.2) is 29.2 Å². The largest absolute Gasteiger partial charge is 0.480 e. The lowest BCUT2D eigenvalue weighted by atomic mass is 10.1. The smallest absolute Gasteiger partial charge is 0.325 e. The summed E-state index contributed by atoms with van der Waals surface area (Å²) in [6.45, 7) is 1.69. The number of morpholine rings is 1. The zero-order chi connectivity index (χ0) is 14.8. The topological polar surface area (TPSA) is 67.6 Å². The zero-order valence-corrected chi connectivity index (χ0v) is 12.5. The number of aliphatic carboxylic acids is 1. The Morgan fingerprint density at radius 1 is 1.62 bits per heavy atom. The molecular formula is C14H17N3O3S. The van der Waals surface area contributed by atoms with Gasteiger partial charge >= 0.3 is 5.97 Å². The van der Waals surface area contributed by atoms with Gasteiger partial charge in [0.25, 0.3) is 0 Å². The molecule has 2 aromatic heterocycles. The maximum Gasteiger partial charge on any atom is 0.325 e. The summed E-state index contributed by atoms with van der Waals surface area (Å²) in [6, 6.07) is 1.26. The Morgan fingerprint density at radius 2 is 2.48 bits per heavy atom. The predicted molar refractivity (Wildman–Crippen MR) is 78.2 cm³/mol. The van der Waals surface area contributed by atoms with Crippen molar-refractivity contribution >= 4 is 17.3 Å². The van der Waals surface area contributed by atoms with E-state index in [2.05, 4.69) is 5.10 Å². The molecule has 1 aliphatic heterocycles. The molecule has 2 atom stereocenters. The van der Waals surface area contributed by atoms with E-state index in [4.69, 9.17) is 4.74 Å². The normalized spacial score (nSPS) is 21.3. The van der Waals surface area contributed by atoms with E-state index < -0.39 is 12.0 Å². The molecule has 0 spiro atoms. The van der Waals surface area contributed by atoms with Crippen LogP contribution >= 0.6 is 11.3 Å². The van der Waals surface area contributed by atoms with Gasteiger partial charge in [-0.1, -0.05) is 0 Å². The summed E-state index contributed by atoms with van der Waals surface area (Å²) in [5, 5.41) is 17.5. The first-order chi connectivity index (χ1) is 10.1. The second-order valence-electron chi connectivity index (χ2n) is 5.10. The standard InChI is InChI=1S/C14H17N3O3S/c1-16-7-11(6-15-16)12-8-17(3-4-20-12)13(14(18)19)10-2-5-21-9-10/h2,5-7,9,12-13H,3-4,8H2,1H3,(H,18,19). The van der Waals surface area contributed by atoms with Gasteiger partial charge in [0.15, 0.2) is 0 Å². The number of thiophene rings is 1. The van der Waals surface area contributed by atoms with Crippen molar-refractivity contribution in [2.24, 2.45) is 7.05 Å². The number of hydrogen-bond donors (Lipinski definition) is 1. The Balaban J connectivity index is 1.79. The van der Waals surface area contributed by atoms with Crippen molar-refractivity contribution in [1.29, 1.82) is 0 Å². The van der Waals surface area contributed by atoms with Crippen molar-refractivity contribution in [3.8, 4) is 0 Å². The number of rotatable bonds is 4. The maximum absolute atomic E-state index is 11.7. The van der Waals surface area contributed by atoms with Gasteiger partial charge in [0.05, 0.1) is 18.9 Å². The highest BCUT2D eigenvalue weighted by Gasteiger charge is 2.33. The first kappa shape index (κ1) is 14.2. The minimum atomic E-state index is -0.819. The van der Waals surface area contributed by atoms with E-state index in [0.717, 1.165) is 11.1 Å². The average Bonchev–Trinajstić information content (AvgIpc) is 3.11. The molecule has 3 rings (SSSR count). The number of carboxylic acids is 1. The number of carboxylic acid groups (broad SMARTS) is 1. The minimum Gasteiger partial charge on any atom is -0.480 e. The molecule has 0 saturated carbocycles. The van der Waals surface area contributed by atoms with Crippen LogP contribution in [0.25, 0.3) is 0 Å². The Bertz CT molecular complexity index is 611. The highest BCUT2D eigenvalue weighted by molar-refractivity contribution is 7.08. The number of aryl methyl sites for hydroxylation is 1. The van der Waals surface area contributed by atoms with E-state index >= 15 is 0 Å². The highest BCUT2D eigenvalue weighted by Crippen LogP contribution is 2.29. The van der Waals surface area contributed by atoms with Gasteiger partial charge in [0.1, 0.15) is 6.04 Å². The van der Waals surface area contributed by atoms with Crippen molar-refractivity contribution in [2.45, 2.75) is 12.1 Å². The third-order valence-corrected chi connectivity index (χ3v) is 4.35. The fourth-order valence-corrected chi connectivity index (χ4v) is 3.33. The maximum atomic E-state index is 11.7. The third-order valence-electron chi connectivity index (χ3n) is 3.65. The van der Waals surface area contributed by atoms with E-state index in [9.17, 15) is 9.90 Å². The quantitative estimate of drug-likeness (QED) is 0.931. The molecule has 2 aromatic rings. The molecule has 0 amide bonds. The summed E-state index contributed by atoms with van der Waals surface area (Å²) < 4.78 is 7.50. The molecule has 0 aliphatic carbocycles. The zero-order valence-electron chi connectivity index (χ0n) is 11.7. The lowest BCUT2D eigenvalue weighted by Gasteiger charge is -2.36. The van der Waals surface area contributed by atoms with Crippen molar-refractivity contribution < 1.29 is 14.6 Å². The molecule has 21 heavy (non-hydrogen) atoms. The molecule has 0 aromatic carbocycles. The molecule has 2 unspecified atom stereocenters. The molecule has 1 saturated heterocycles. The number of ether oxygens (including phenoxy) is 1. The molecule has 1 fully saturated rings. The second-order valence-corrected chi connectivity index (χ2v) is 5.88. The molecule has 0 bridgehead atoms. The van der Waals surface area contributed by atoms with E-state index in [1.165, 1.54) is 11.3 Å². The molecule has 7 heteroatoms. The average molecular weight is 307 g/mol. The Hall–Kier alpha value is -1.70. The monoisotopic (exact) mass is 307 g/mol. The summed E-state index contributed by atoms with van der Waals surface area (Å²) in [7, 11) is 1.86. The summed E-state index contributed by atoms with van der Waals surface area (Å²) >= 11 is 1.52. The van der Waals surface area contributed by atoms with E-state index in [1.807, 2.05) is 35.0 Å². The molecule has 3 heterocycles. The lowest BCUT2D eigenvalue weighted by molar-refractivity contribution is -0.147. The molecule has 112 valence electrons. The first-order valence-corrected chi connectivity index (χ1v) is 7.68. The van der Waals surface area contributed by atoms with Crippen LogP contribution < -0.4 is 0 Å². The predicted octanol–water partition coefficient (Wildman–Crippen LogP) is 1.68. The van der Waals surface area contributed by atoms with Gasteiger partial charge in [0, 0.05) is 31.9 Å². The van der Waals surface area contributed by atoms with Crippen LogP contribution in [0.4, 0.5) is 0 Å². The molecular weight excluding hydrogens is 290 g/mol. The molecule has 0 radical (unpaired) electrons. The van der Waals surface area contributed by atoms with Crippen molar-refractivity contribution in [3.63, 3.8) is 0 Å². The number of hydrogen-bond acceptors (Lipinski definition) is 5. The second kappa shape index (κ2) is 5.97. The van der Waals surface area contributed by atoms with Gasteiger partial charge in [-0.2, -0.15) is 16.4 Å². The van der Waals surface area contributed by atoms with Gasteiger partial charge < -0.3 is 9.84 Å². The van der Waals surface area contributed by atoms with Crippen LogP contribution in [0, 0.1) is 0 Å². The third kappa shape index (κ3) is 2.99. The van der Waals surface area contributed by atoms with Gasteiger partial charge in [-0.3, -0.25) is 14.4 Å². The summed E-state index contributed by atoms with van der Waals surface area (Å²) in [5.74, 6) is -0.819. The van der Waals surface area contributed by atoms with Crippen LogP contribution in [0.3, 0.4) is 0 Å². The highest BCUT2D eigenvalue weighted by atomic mass is 32.1. The fourth-order valence-electron chi connectivity index (χ4n) is 2.65. The number of aromatic nitrogens is 2. The van der Waals surface area contributed by atoms with Crippen LogP contribution in [0.1, 0.15) is 23.3 Å². The van der Waals surface area contributed by atoms with Crippen LogP contribution in [0.2, 0.25) is 0 Å². The Kier molecular flexibility index (Phi) is 4.05. The van der Waals surface area contributed by atoms with Gasteiger partial charge in [-0.25, -0.2) is 0 Å². The molecule has 6 nitrogen and oxygen atoms in total. The number of carbonyl (C=O) groups is 1. The lowest BCUT2D eigenvalue weighted by Crippen LogP contribution is -2.43. The van der Waals surface area contributed by atoms with Gasteiger partial charge in [-0.05, 0) is 22.4 Å². The van der Waals surface area contributed by atoms with Crippen molar-refractivity contribution in [3.05, 3.63) is 40.3 Å². The van der Waals surface area contributed by atoms with Crippen molar-refractivity contribution in [2.75, 3.05) is 19.7 Å². The van der Waals surface area contributed by atoms with Crippen LogP contribution in [-0.4, -0.2) is 45.5 Å². The van der Waals surface area contributed by atoms with Gasteiger partial charge in [-0.15, -0.1) is 0 Å². The summed E-state index contributed by atoms with van der Waals surface area (Å²) in [4.78, 5) is 13.6. The molecule has 1 N–H and O–H groups in total.